The van der Waals surface area contributed by atoms with Gasteiger partial charge in [-0.15, -0.1) is 5.46 Å². The van der Waals surface area contributed by atoms with Crippen LogP contribution in [0.5, 0.6) is 5.75 Å². The van der Waals surface area contributed by atoms with E-state index >= 15 is 0 Å². The van der Waals surface area contributed by atoms with Crippen molar-refractivity contribution in [1.29, 1.82) is 0 Å². The summed E-state index contributed by atoms with van der Waals surface area (Å²) in [5.74, 6) is 0.513. The minimum atomic E-state index is -1.36. The van der Waals surface area contributed by atoms with E-state index in [1.54, 1.807) is 36.4 Å². The van der Waals surface area contributed by atoms with Crippen molar-refractivity contribution in [2.24, 2.45) is 0 Å². The van der Waals surface area contributed by atoms with E-state index in [1.165, 1.54) is 0 Å². The first-order valence-corrected chi connectivity index (χ1v) is 6.91. The van der Waals surface area contributed by atoms with Crippen LogP contribution in [-0.2, 0) is 32.7 Å². The van der Waals surface area contributed by atoms with Gasteiger partial charge in [0.2, 0.25) is 0 Å². The largest absolute Gasteiger partial charge is 0.523 e. The van der Waals surface area contributed by atoms with Crippen molar-refractivity contribution in [2.45, 2.75) is 6.92 Å². The van der Waals surface area contributed by atoms with Crippen molar-refractivity contribution in [3.05, 3.63) is 65.0 Å². The first-order chi connectivity index (χ1) is 9.95. The van der Waals surface area contributed by atoms with Crippen molar-refractivity contribution in [2.75, 3.05) is 6.61 Å². The van der Waals surface area contributed by atoms with Gasteiger partial charge in [-0.1, -0.05) is 23.2 Å². The van der Waals surface area contributed by atoms with Gasteiger partial charge in [-0.05, 0) is 31.2 Å². The molecule has 0 unspecified atom stereocenters. The molecule has 1 radical (unpaired) electrons. The molecule has 22 heavy (non-hydrogen) atoms. The number of aryl methyl sites for hydroxylation is 1. The van der Waals surface area contributed by atoms with Crippen LogP contribution in [-0.4, -0.2) is 23.8 Å². The third-order valence-electron chi connectivity index (χ3n) is 2.43. The Balaban J connectivity index is 0.000000397. The Kier molecular flexibility index (Phi) is 11.4. The molecule has 2 aromatic rings. The first-order valence-electron chi connectivity index (χ1n) is 6.15. The summed E-state index contributed by atoms with van der Waals surface area (Å²) >= 11 is 11.8. The van der Waals surface area contributed by atoms with Crippen molar-refractivity contribution in [3.8, 4) is 5.75 Å². The average molecular weight is 414 g/mol. The van der Waals surface area contributed by atoms with Crippen molar-refractivity contribution < 1.29 is 47.5 Å². The van der Waals surface area contributed by atoms with Crippen LogP contribution in [0.15, 0.2) is 36.4 Å². The molecule has 0 aromatic heterocycles. The standard InChI is InChI=1S/C9H9Cl2O.C6H6BO2.Y/c1-3-12-9-7(10)4-6(2)5-8(9)11;8-7(9)6-4-2-1-3-5-6;/h4-5H,1,3H2,2H3;2-5,8-9H;/q2*-1;. The Morgan fingerprint density at radius 2 is 1.68 bits per heavy atom. The Labute approximate surface area is 166 Å². The van der Waals surface area contributed by atoms with Gasteiger partial charge in [0.05, 0.1) is 10.0 Å². The number of hydrogen-bond donors (Lipinski definition) is 2. The second kappa shape index (κ2) is 11.4. The molecule has 0 aliphatic rings. The molecule has 0 saturated carbocycles. The summed E-state index contributed by atoms with van der Waals surface area (Å²) in [5.41, 5.74) is 1.51. The van der Waals surface area contributed by atoms with Crippen LogP contribution in [0.4, 0.5) is 0 Å². The summed E-state index contributed by atoms with van der Waals surface area (Å²) < 4.78 is 5.15. The molecule has 3 nitrogen and oxygen atoms in total. The van der Waals surface area contributed by atoms with Gasteiger partial charge < -0.3 is 21.7 Å². The SMILES string of the molecule is OB(O)c1cc[c-]cc1.[CH2-]COc1c(Cl)cc(C)cc1Cl.[Y]. The smallest absolute Gasteiger partial charge is 0.462 e. The maximum absolute atomic E-state index is 8.57. The third-order valence-corrected chi connectivity index (χ3v) is 2.99. The molecule has 0 heterocycles. The molecule has 2 aromatic carbocycles. The van der Waals surface area contributed by atoms with E-state index in [2.05, 4.69) is 13.0 Å². The minimum Gasteiger partial charge on any atom is -0.523 e. The third kappa shape index (κ3) is 7.45. The number of halogens is 2. The van der Waals surface area contributed by atoms with E-state index in [1.807, 2.05) is 6.92 Å². The average Bonchev–Trinajstić information content (AvgIpc) is 2.44. The molecule has 0 aliphatic carbocycles. The molecular formula is C15H15BCl2O3Y-2. The van der Waals surface area contributed by atoms with Gasteiger partial charge in [-0.25, -0.2) is 0 Å². The molecular weight excluding hydrogens is 399 g/mol. The number of benzene rings is 2. The first kappa shape index (κ1) is 21.9. The van der Waals surface area contributed by atoms with Gasteiger partial charge in [0, 0.05) is 32.7 Å². The topological polar surface area (TPSA) is 49.7 Å². The zero-order valence-electron chi connectivity index (χ0n) is 12.1. The summed E-state index contributed by atoms with van der Waals surface area (Å²) in [5, 5.41) is 18.2. The number of ether oxygens (including phenoxy) is 1. The molecule has 0 spiro atoms. The molecule has 0 saturated heterocycles. The second-order valence-electron chi connectivity index (χ2n) is 4.11. The molecule has 0 aliphatic heterocycles. The predicted molar refractivity (Wildman–Crippen MR) is 87.2 cm³/mol. The Morgan fingerprint density at radius 3 is 2.05 bits per heavy atom. The van der Waals surface area contributed by atoms with Crippen LogP contribution in [0.25, 0.3) is 0 Å². The maximum atomic E-state index is 8.57. The Hall–Kier alpha value is -0.0912. The molecule has 7 heteroatoms. The summed E-state index contributed by atoms with van der Waals surface area (Å²) in [7, 11) is -1.36. The molecule has 0 fully saturated rings. The van der Waals surface area contributed by atoms with E-state index in [4.69, 9.17) is 38.0 Å². The maximum Gasteiger partial charge on any atom is 0.462 e. The van der Waals surface area contributed by atoms with E-state index in [9.17, 15) is 0 Å². The molecule has 0 amide bonds. The number of rotatable bonds is 3. The second-order valence-corrected chi connectivity index (χ2v) is 4.93. The van der Waals surface area contributed by atoms with Gasteiger partial charge in [0.15, 0.2) is 5.75 Å². The van der Waals surface area contributed by atoms with E-state index in [0.717, 1.165) is 5.56 Å². The van der Waals surface area contributed by atoms with Gasteiger partial charge in [0.1, 0.15) is 0 Å². The fraction of sp³-hybridized carbons (Fsp3) is 0.133. The Bertz CT molecular complexity index is 545. The molecule has 2 rings (SSSR count). The van der Waals surface area contributed by atoms with E-state index < -0.39 is 7.12 Å². The fourth-order valence-corrected chi connectivity index (χ4v) is 2.20. The van der Waals surface area contributed by atoms with Crippen LogP contribution in [0, 0.1) is 19.9 Å². The quantitative estimate of drug-likeness (QED) is 0.601. The summed E-state index contributed by atoms with van der Waals surface area (Å²) in [6.07, 6.45) is 0. The van der Waals surface area contributed by atoms with Crippen LogP contribution < -0.4 is 10.2 Å². The fourth-order valence-electron chi connectivity index (χ4n) is 1.50. The van der Waals surface area contributed by atoms with E-state index in [-0.39, 0.29) is 32.7 Å². The van der Waals surface area contributed by atoms with Gasteiger partial charge in [0.25, 0.3) is 0 Å². The normalized spacial score (nSPS) is 9.18. The molecule has 2 N–H and O–H groups in total. The zero-order chi connectivity index (χ0) is 15.8. The molecule has 115 valence electrons. The summed E-state index contributed by atoms with van der Waals surface area (Å²) in [6, 6.07) is 12.8. The predicted octanol–water partition coefficient (Wildman–Crippen LogP) is 2.68. The minimum absolute atomic E-state index is 0. The van der Waals surface area contributed by atoms with Crippen LogP contribution >= 0.6 is 23.2 Å². The van der Waals surface area contributed by atoms with Crippen LogP contribution in [0.3, 0.4) is 0 Å². The van der Waals surface area contributed by atoms with Crippen molar-refractivity contribution in [3.63, 3.8) is 0 Å². The van der Waals surface area contributed by atoms with Crippen molar-refractivity contribution in [1.82, 2.24) is 0 Å². The zero-order valence-corrected chi connectivity index (χ0v) is 16.4. The molecule has 0 bridgehead atoms. The van der Waals surface area contributed by atoms with Crippen LogP contribution in [0.2, 0.25) is 10.0 Å². The monoisotopic (exact) mass is 413 g/mol. The van der Waals surface area contributed by atoms with Gasteiger partial charge >= 0.3 is 7.12 Å². The van der Waals surface area contributed by atoms with Crippen LogP contribution in [0.1, 0.15) is 5.56 Å². The number of hydrogen-bond acceptors (Lipinski definition) is 3. The summed E-state index contributed by atoms with van der Waals surface area (Å²) in [4.78, 5) is 0. The Morgan fingerprint density at radius 1 is 1.18 bits per heavy atom. The van der Waals surface area contributed by atoms with Gasteiger partial charge in [-0.3, -0.25) is 0 Å². The van der Waals surface area contributed by atoms with Crippen molar-refractivity contribution >= 4 is 35.8 Å². The molecule has 0 atom stereocenters. The van der Waals surface area contributed by atoms with E-state index in [0.29, 0.717) is 27.9 Å². The van der Waals surface area contributed by atoms with Gasteiger partial charge in [-0.2, -0.15) is 30.3 Å². The summed E-state index contributed by atoms with van der Waals surface area (Å²) in [6.45, 7) is 5.79.